The van der Waals surface area contributed by atoms with E-state index in [0.717, 1.165) is 11.0 Å². The standard InChI is InChI=1S/C15H20N2O4S/c1-21-14-7-10-17(11-8-14)15(18)16-22(19,20)12-9-13-5-3-2-4-6-13/h2-6,9,12,14H,7-8,10-11H2,1H3,(H,16,18)/b12-9+. The Hall–Kier alpha value is -1.86. The van der Waals surface area contributed by atoms with Crippen LogP contribution in [0.15, 0.2) is 35.7 Å². The number of piperidine rings is 1. The van der Waals surface area contributed by atoms with E-state index in [2.05, 4.69) is 4.72 Å². The van der Waals surface area contributed by atoms with Gasteiger partial charge in [0, 0.05) is 20.2 Å². The summed E-state index contributed by atoms with van der Waals surface area (Å²) in [6.45, 7) is 0.977. The predicted octanol–water partition coefficient (Wildman–Crippen LogP) is 1.81. The molecule has 2 rings (SSSR count). The first kappa shape index (κ1) is 16.5. The number of nitrogens with zero attached hydrogens (tertiary/aromatic N) is 1. The molecule has 1 saturated heterocycles. The van der Waals surface area contributed by atoms with Crippen LogP contribution in [0.4, 0.5) is 4.79 Å². The molecule has 1 N–H and O–H groups in total. The van der Waals surface area contributed by atoms with Crippen LogP contribution in [0.2, 0.25) is 0 Å². The van der Waals surface area contributed by atoms with Crippen molar-refractivity contribution in [3.8, 4) is 0 Å². The number of hydrogen-bond donors (Lipinski definition) is 1. The average Bonchev–Trinajstić information content (AvgIpc) is 2.54. The van der Waals surface area contributed by atoms with Crippen LogP contribution in [0, 0.1) is 0 Å². The molecule has 0 atom stereocenters. The number of rotatable bonds is 4. The summed E-state index contributed by atoms with van der Waals surface area (Å²) >= 11 is 0. The number of carbonyl (C=O) groups is 1. The molecule has 0 unspecified atom stereocenters. The van der Waals surface area contributed by atoms with Gasteiger partial charge in [-0.3, -0.25) is 0 Å². The van der Waals surface area contributed by atoms with Crippen LogP contribution in [0.5, 0.6) is 0 Å². The molecule has 2 amide bonds. The normalized spacial score (nSPS) is 16.9. The van der Waals surface area contributed by atoms with Gasteiger partial charge in [0.1, 0.15) is 0 Å². The SMILES string of the molecule is COC1CCN(C(=O)NS(=O)(=O)/C=C/c2ccccc2)CC1. The molecule has 1 fully saturated rings. The van der Waals surface area contributed by atoms with Crippen molar-refractivity contribution in [1.29, 1.82) is 0 Å². The zero-order valence-corrected chi connectivity index (χ0v) is 13.3. The van der Waals surface area contributed by atoms with Crippen LogP contribution < -0.4 is 4.72 Å². The molecule has 1 aromatic rings. The minimum Gasteiger partial charge on any atom is -0.381 e. The van der Waals surface area contributed by atoms with Crippen LogP contribution in [0.3, 0.4) is 0 Å². The molecule has 0 saturated carbocycles. The summed E-state index contributed by atoms with van der Waals surface area (Å²) in [4.78, 5) is 13.5. The van der Waals surface area contributed by atoms with E-state index in [1.165, 1.54) is 11.0 Å². The van der Waals surface area contributed by atoms with E-state index in [1.54, 1.807) is 19.2 Å². The molecule has 7 heteroatoms. The summed E-state index contributed by atoms with van der Waals surface area (Å²) in [6, 6.07) is 8.44. The molecule has 0 bridgehead atoms. The van der Waals surface area contributed by atoms with Crippen molar-refractivity contribution in [3.63, 3.8) is 0 Å². The summed E-state index contributed by atoms with van der Waals surface area (Å²) in [7, 11) is -2.16. The number of hydrogen-bond acceptors (Lipinski definition) is 4. The average molecular weight is 324 g/mol. The Morgan fingerprint density at radius 2 is 1.91 bits per heavy atom. The van der Waals surface area contributed by atoms with Gasteiger partial charge in [-0.15, -0.1) is 0 Å². The van der Waals surface area contributed by atoms with Gasteiger partial charge in [0.15, 0.2) is 0 Å². The van der Waals surface area contributed by atoms with Crippen molar-refractivity contribution in [2.24, 2.45) is 0 Å². The van der Waals surface area contributed by atoms with Crippen molar-refractivity contribution in [2.45, 2.75) is 18.9 Å². The third-order valence-corrected chi connectivity index (χ3v) is 4.48. The molecule has 120 valence electrons. The maximum atomic E-state index is 12.0. The van der Waals surface area contributed by atoms with Crippen LogP contribution in [0.25, 0.3) is 6.08 Å². The quantitative estimate of drug-likeness (QED) is 0.916. The largest absolute Gasteiger partial charge is 0.381 e. The minimum absolute atomic E-state index is 0.138. The van der Waals surface area contributed by atoms with Crippen molar-refractivity contribution < 1.29 is 17.9 Å². The molecule has 1 aliphatic heterocycles. The lowest BCUT2D eigenvalue weighted by atomic mass is 10.1. The highest BCUT2D eigenvalue weighted by Gasteiger charge is 2.24. The molecule has 1 heterocycles. The van der Waals surface area contributed by atoms with E-state index in [0.29, 0.717) is 25.9 Å². The number of benzene rings is 1. The van der Waals surface area contributed by atoms with Crippen LogP contribution in [-0.4, -0.2) is 45.7 Å². The number of urea groups is 1. The van der Waals surface area contributed by atoms with Crippen LogP contribution >= 0.6 is 0 Å². The maximum absolute atomic E-state index is 12.0. The Kier molecular flexibility index (Phi) is 5.57. The van der Waals surface area contributed by atoms with Gasteiger partial charge < -0.3 is 9.64 Å². The number of amides is 2. The lowest BCUT2D eigenvalue weighted by molar-refractivity contribution is 0.0511. The molecule has 22 heavy (non-hydrogen) atoms. The third kappa shape index (κ3) is 4.85. The minimum atomic E-state index is -3.80. The number of carbonyl (C=O) groups excluding carboxylic acids is 1. The van der Waals surface area contributed by atoms with Gasteiger partial charge in [-0.1, -0.05) is 30.3 Å². The maximum Gasteiger partial charge on any atom is 0.331 e. The molecule has 0 spiro atoms. The van der Waals surface area contributed by atoms with Gasteiger partial charge in [0.2, 0.25) is 0 Å². The van der Waals surface area contributed by atoms with E-state index in [-0.39, 0.29) is 6.10 Å². The van der Waals surface area contributed by atoms with Gasteiger partial charge >= 0.3 is 6.03 Å². The molecule has 1 aromatic carbocycles. The second kappa shape index (κ2) is 7.42. The van der Waals surface area contributed by atoms with Gasteiger partial charge in [0.05, 0.1) is 11.5 Å². The van der Waals surface area contributed by atoms with E-state index >= 15 is 0 Å². The highest BCUT2D eigenvalue weighted by Crippen LogP contribution is 2.13. The highest BCUT2D eigenvalue weighted by atomic mass is 32.2. The Labute approximate surface area is 130 Å². The lowest BCUT2D eigenvalue weighted by Crippen LogP contribution is -2.47. The smallest absolute Gasteiger partial charge is 0.331 e. The lowest BCUT2D eigenvalue weighted by Gasteiger charge is -2.30. The Bertz CT molecular complexity index is 620. The molecule has 6 nitrogen and oxygen atoms in total. The Morgan fingerprint density at radius 1 is 1.27 bits per heavy atom. The first-order valence-electron chi connectivity index (χ1n) is 7.08. The second-order valence-electron chi connectivity index (χ2n) is 5.09. The molecule has 1 aliphatic rings. The van der Waals surface area contributed by atoms with Crippen molar-refractivity contribution in [2.75, 3.05) is 20.2 Å². The fraction of sp³-hybridized carbons (Fsp3) is 0.400. The topological polar surface area (TPSA) is 75.7 Å². The van der Waals surface area contributed by atoms with Gasteiger partial charge in [-0.05, 0) is 24.5 Å². The Balaban J connectivity index is 1.91. The fourth-order valence-electron chi connectivity index (χ4n) is 2.25. The van der Waals surface area contributed by atoms with Gasteiger partial charge in [-0.2, -0.15) is 0 Å². The molecular formula is C15H20N2O4S. The zero-order valence-electron chi connectivity index (χ0n) is 12.4. The molecule has 0 aliphatic carbocycles. The van der Waals surface area contributed by atoms with Crippen molar-refractivity contribution in [1.82, 2.24) is 9.62 Å². The van der Waals surface area contributed by atoms with Crippen LogP contribution in [0.1, 0.15) is 18.4 Å². The van der Waals surface area contributed by atoms with Crippen molar-refractivity contribution >= 4 is 22.1 Å². The van der Waals surface area contributed by atoms with Crippen molar-refractivity contribution in [3.05, 3.63) is 41.3 Å². The summed E-state index contributed by atoms with van der Waals surface area (Å²) in [6.07, 6.45) is 3.01. The van der Waals surface area contributed by atoms with E-state index < -0.39 is 16.1 Å². The Morgan fingerprint density at radius 3 is 2.50 bits per heavy atom. The number of nitrogens with one attached hydrogen (secondary N) is 1. The number of sulfonamides is 1. The summed E-state index contributed by atoms with van der Waals surface area (Å²) < 4.78 is 31.1. The second-order valence-corrected chi connectivity index (χ2v) is 6.65. The van der Waals surface area contributed by atoms with E-state index in [9.17, 15) is 13.2 Å². The first-order valence-corrected chi connectivity index (χ1v) is 8.62. The number of ether oxygens (including phenoxy) is 1. The van der Waals surface area contributed by atoms with E-state index in [4.69, 9.17) is 4.74 Å². The molecule has 0 radical (unpaired) electrons. The number of likely N-dealkylation sites (tertiary alicyclic amines) is 1. The van der Waals surface area contributed by atoms with Gasteiger partial charge in [0.25, 0.3) is 10.0 Å². The highest BCUT2D eigenvalue weighted by molar-refractivity contribution is 7.93. The molecule has 0 aromatic heterocycles. The first-order chi connectivity index (χ1) is 10.5. The van der Waals surface area contributed by atoms with Gasteiger partial charge in [-0.25, -0.2) is 17.9 Å². The fourth-order valence-corrected chi connectivity index (χ4v) is 3.02. The summed E-state index contributed by atoms with van der Waals surface area (Å²) in [5, 5.41) is 1.00. The monoisotopic (exact) mass is 324 g/mol. The summed E-state index contributed by atoms with van der Waals surface area (Å²) in [5.74, 6) is 0. The molecular weight excluding hydrogens is 304 g/mol. The summed E-state index contributed by atoms with van der Waals surface area (Å²) in [5.41, 5.74) is 0.751. The van der Waals surface area contributed by atoms with E-state index in [1.807, 2.05) is 18.2 Å². The third-order valence-electron chi connectivity index (χ3n) is 3.53. The number of methoxy groups -OCH3 is 1. The predicted molar refractivity (Wildman–Crippen MR) is 84.5 cm³/mol. The van der Waals surface area contributed by atoms with Crippen LogP contribution in [-0.2, 0) is 14.8 Å². The zero-order chi connectivity index (χ0) is 16.0.